The van der Waals surface area contributed by atoms with Crippen molar-refractivity contribution >= 4 is 71.8 Å². The predicted molar refractivity (Wildman–Crippen MR) is 199 cm³/mol. The van der Waals surface area contributed by atoms with Gasteiger partial charge in [0, 0.05) is 18.8 Å². The van der Waals surface area contributed by atoms with Crippen LogP contribution in [0.1, 0.15) is 59.8 Å². The van der Waals surface area contributed by atoms with Gasteiger partial charge >= 0.3 is 5.97 Å². The molecule has 52 heavy (non-hydrogen) atoms. The maximum atomic E-state index is 13.6. The number of nitrogens with one attached hydrogen (secondary N) is 5. The average molecular weight is 777 g/mol. The fourth-order valence-electron chi connectivity index (χ4n) is 5.15. The number of guanidine groups is 1. The van der Waals surface area contributed by atoms with E-state index >= 15 is 0 Å². The number of hydrogen-bond donors (Lipinski definition) is 11. The molecule has 1 aliphatic rings. The highest BCUT2D eigenvalue weighted by Crippen LogP contribution is 2.19. The fraction of sp³-hybridized carbons (Fsp3) is 0.742. The molecule has 0 bridgehead atoms. The van der Waals surface area contributed by atoms with E-state index in [1.165, 1.54) is 30.5 Å². The molecule has 0 aromatic carbocycles. The van der Waals surface area contributed by atoms with Crippen molar-refractivity contribution in [3.63, 3.8) is 0 Å². The summed E-state index contributed by atoms with van der Waals surface area (Å²) < 4.78 is 0. The summed E-state index contributed by atoms with van der Waals surface area (Å²) in [6, 6.07) is -8.15. The number of carboxylic acids is 1. The van der Waals surface area contributed by atoms with Crippen LogP contribution in [0.25, 0.3) is 0 Å². The summed E-state index contributed by atoms with van der Waals surface area (Å²) >= 11 is 5.38. The third kappa shape index (κ3) is 15.0. The van der Waals surface area contributed by atoms with E-state index in [-0.39, 0.29) is 50.0 Å². The number of aliphatic hydroxyl groups is 1. The molecule has 6 amide bonds. The van der Waals surface area contributed by atoms with Gasteiger partial charge in [0.05, 0.1) is 12.1 Å². The van der Waals surface area contributed by atoms with Crippen molar-refractivity contribution in [1.29, 1.82) is 0 Å². The van der Waals surface area contributed by atoms with E-state index in [0.29, 0.717) is 18.6 Å². The van der Waals surface area contributed by atoms with Crippen molar-refractivity contribution in [2.45, 2.75) is 108 Å². The van der Waals surface area contributed by atoms with E-state index in [4.69, 9.17) is 17.2 Å². The minimum absolute atomic E-state index is 0.0202. The van der Waals surface area contributed by atoms with Crippen molar-refractivity contribution in [1.82, 2.24) is 31.5 Å². The van der Waals surface area contributed by atoms with Crippen LogP contribution in [0.15, 0.2) is 4.99 Å². The van der Waals surface area contributed by atoms with E-state index in [0.717, 1.165) is 0 Å². The van der Waals surface area contributed by atoms with Crippen molar-refractivity contribution in [2.75, 3.05) is 30.9 Å². The first kappa shape index (κ1) is 46.2. The molecule has 0 aliphatic carbocycles. The highest BCUT2D eigenvalue weighted by Gasteiger charge is 2.39. The van der Waals surface area contributed by atoms with Crippen LogP contribution in [0.2, 0.25) is 0 Å². The van der Waals surface area contributed by atoms with Crippen LogP contribution in [-0.4, -0.2) is 142 Å². The van der Waals surface area contributed by atoms with Crippen molar-refractivity contribution < 1.29 is 43.8 Å². The number of carboxylic acid groups (broad SMARTS) is 1. The number of carbonyl (C=O) groups excluding carboxylic acids is 6. The lowest BCUT2D eigenvalue weighted by molar-refractivity contribution is -0.143. The van der Waals surface area contributed by atoms with E-state index < -0.39 is 89.8 Å². The molecule has 1 heterocycles. The van der Waals surface area contributed by atoms with Gasteiger partial charge in [-0.3, -0.25) is 33.8 Å². The van der Waals surface area contributed by atoms with Crippen LogP contribution < -0.4 is 43.8 Å². The molecule has 1 rings (SSSR count). The quantitative estimate of drug-likeness (QED) is 0.0222. The number of nitrogens with zero attached hydrogens (tertiary/aromatic N) is 2. The molecular weight excluding hydrogens is 721 g/mol. The molecule has 19 nitrogen and oxygen atoms in total. The number of rotatable bonds is 22. The van der Waals surface area contributed by atoms with Crippen LogP contribution in [0, 0.1) is 5.92 Å². The van der Waals surface area contributed by atoms with Crippen molar-refractivity contribution in [3.8, 4) is 0 Å². The summed E-state index contributed by atoms with van der Waals surface area (Å²) in [4.78, 5) is 95.9. The maximum Gasteiger partial charge on any atom is 0.327 e. The van der Waals surface area contributed by atoms with Gasteiger partial charge in [-0.2, -0.15) is 24.4 Å². The van der Waals surface area contributed by atoms with Crippen LogP contribution in [0.3, 0.4) is 0 Å². The Balaban J connectivity index is 3.14. The first-order valence-electron chi connectivity index (χ1n) is 17.0. The summed E-state index contributed by atoms with van der Waals surface area (Å²) in [6.45, 7) is 6.52. The average Bonchev–Trinajstić information content (AvgIpc) is 3.57. The molecule has 1 aliphatic heterocycles. The van der Waals surface area contributed by atoms with Gasteiger partial charge in [0.15, 0.2) is 5.96 Å². The Morgan fingerprint density at radius 1 is 0.885 bits per heavy atom. The number of thiol groups is 1. The van der Waals surface area contributed by atoms with Gasteiger partial charge in [-0.15, -0.1) is 0 Å². The lowest BCUT2D eigenvalue weighted by Gasteiger charge is -2.30. The molecule has 0 spiro atoms. The molecule has 8 atom stereocenters. The zero-order valence-corrected chi connectivity index (χ0v) is 32.0. The zero-order chi connectivity index (χ0) is 39.7. The molecule has 13 N–H and O–H groups in total. The Labute approximate surface area is 313 Å². The molecule has 0 aromatic rings. The van der Waals surface area contributed by atoms with Crippen LogP contribution >= 0.6 is 24.4 Å². The van der Waals surface area contributed by atoms with Crippen LogP contribution in [0.5, 0.6) is 0 Å². The molecule has 0 aromatic heterocycles. The van der Waals surface area contributed by atoms with Crippen molar-refractivity contribution in [2.24, 2.45) is 28.1 Å². The Morgan fingerprint density at radius 3 is 2.02 bits per heavy atom. The monoisotopic (exact) mass is 776 g/mol. The zero-order valence-electron chi connectivity index (χ0n) is 30.3. The lowest BCUT2D eigenvalue weighted by atomic mass is 10.0. The third-order valence-corrected chi connectivity index (χ3v) is 9.28. The molecule has 0 radical (unpaired) electrons. The number of amides is 6. The smallest absolute Gasteiger partial charge is 0.327 e. The summed E-state index contributed by atoms with van der Waals surface area (Å²) in [7, 11) is 0. The van der Waals surface area contributed by atoms with E-state index in [2.05, 4.69) is 44.2 Å². The first-order valence-corrected chi connectivity index (χ1v) is 19.0. The number of likely N-dealkylation sites (tertiary alicyclic amines) is 1. The minimum atomic E-state index is -1.59. The SMILES string of the molecule is CSCC[C@H](NC(=O)[C@@H](N)C(C)C)C(=O)N[C@@H](C)C(=O)N1CCC[C@H]1C(=O)N[C@@H](CCCN=C(N)N)C(=O)N[C@H](C(=O)N[C@@H](CS)C(=O)O)[C@@H](C)O. The fourth-order valence-corrected chi connectivity index (χ4v) is 5.87. The van der Waals surface area contributed by atoms with Gasteiger partial charge in [0.2, 0.25) is 35.4 Å². The first-order chi connectivity index (χ1) is 24.4. The van der Waals surface area contributed by atoms with Gasteiger partial charge in [-0.1, -0.05) is 13.8 Å². The second-order valence-corrected chi connectivity index (χ2v) is 14.2. The molecule has 0 saturated carbocycles. The molecular formula is C31H56N10O9S2. The molecule has 1 fully saturated rings. The molecule has 1 saturated heterocycles. The minimum Gasteiger partial charge on any atom is -0.480 e. The summed E-state index contributed by atoms with van der Waals surface area (Å²) in [5, 5.41) is 32.0. The Bertz CT molecular complexity index is 1290. The second kappa shape index (κ2) is 23.0. The highest BCUT2D eigenvalue weighted by molar-refractivity contribution is 7.98. The van der Waals surface area contributed by atoms with E-state index in [9.17, 15) is 43.8 Å². The highest BCUT2D eigenvalue weighted by atomic mass is 32.2. The standard InChI is InChI=1S/C31H56N10O9S2/c1-15(2)22(32)27(46)38-19(10-13-52-5)24(43)36-16(3)29(48)41-12-7-9-21(41)26(45)37-18(8-6-11-35-31(33)34)25(44)40-23(17(4)42)28(47)39-20(14-51)30(49)50/h15-23,42,51H,6-14,32H2,1-5H3,(H,36,43)(H,37,45)(H,38,46)(H,39,47)(H,40,44)(H,49,50)(H4,33,34,35)/t16-,17+,18-,19-,20-,21-,22-,23-/m0/s1. The summed E-state index contributed by atoms with van der Waals surface area (Å²) in [6.07, 6.45) is 1.56. The maximum absolute atomic E-state index is 13.6. The van der Waals surface area contributed by atoms with Gasteiger partial charge in [-0.05, 0) is 63.9 Å². The molecule has 296 valence electrons. The second-order valence-electron chi connectivity index (χ2n) is 12.9. The van der Waals surface area contributed by atoms with Gasteiger partial charge in [0.1, 0.15) is 36.3 Å². The number of aliphatic imine (C=N–C) groups is 1. The van der Waals surface area contributed by atoms with E-state index in [1.807, 2.05) is 6.26 Å². The number of thioether (sulfide) groups is 1. The van der Waals surface area contributed by atoms with Crippen molar-refractivity contribution in [3.05, 3.63) is 0 Å². The summed E-state index contributed by atoms with van der Waals surface area (Å²) in [5.74, 6) is -5.62. The Hall–Kier alpha value is -3.82. The topological polar surface area (TPSA) is 314 Å². The number of hydrogen-bond acceptors (Lipinski definition) is 12. The largest absolute Gasteiger partial charge is 0.480 e. The molecule has 0 unspecified atom stereocenters. The number of nitrogens with two attached hydrogens (primary N) is 3. The molecule has 21 heteroatoms. The van der Waals surface area contributed by atoms with Crippen LogP contribution in [0.4, 0.5) is 0 Å². The van der Waals surface area contributed by atoms with Gasteiger partial charge < -0.3 is 58.9 Å². The Kier molecular flexibility index (Phi) is 20.4. The van der Waals surface area contributed by atoms with E-state index in [1.54, 1.807) is 13.8 Å². The van der Waals surface area contributed by atoms with Gasteiger partial charge in [0.25, 0.3) is 0 Å². The van der Waals surface area contributed by atoms with Crippen LogP contribution in [-0.2, 0) is 33.6 Å². The van der Waals surface area contributed by atoms with Gasteiger partial charge in [-0.25, -0.2) is 4.79 Å². The normalized spacial score (nSPS) is 18.1. The number of aliphatic hydroxyl groups excluding tert-OH is 1. The number of aliphatic carboxylic acids is 1. The third-order valence-electron chi connectivity index (χ3n) is 8.27. The summed E-state index contributed by atoms with van der Waals surface area (Å²) in [5.41, 5.74) is 16.7. The lowest BCUT2D eigenvalue weighted by Crippen LogP contribution is -2.60. The Morgan fingerprint density at radius 2 is 1.48 bits per heavy atom. The predicted octanol–water partition coefficient (Wildman–Crippen LogP) is -3.39. The number of carbonyl (C=O) groups is 7.